The number of halogens is 5. The van der Waals surface area contributed by atoms with Crippen molar-refractivity contribution in [3.63, 3.8) is 0 Å². The maximum absolute atomic E-state index is 12.4. The van der Waals surface area contributed by atoms with Gasteiger partial charge in [-0.2, -0.15) is 13.2 Å². The molecule has 1 aromatic rings. The van der Waals surface area contributed by atoms with Crippen molar-refractivity contribution in [3.05, 3.63) is 29.3 Å². The number of rotatable bonds is 3. The minimum absolute atomic E-state index is 0.213. The van der Waals surface area contributed by atoms with Gasteiger partial charge in [-0.3, -0.25) is 4.79 Å². The molecule has 1 amide bonds. The van der Waals surface area contributed by atoms with E-state index in [9.17, 15) is 26.7 Å². The van der Waals surface area contributed by atoms with E-state index in [1.165, 1.54) is 0 Å². The van der Waals surface area contributed by atoms with Crippen molar-refractivity contribution in [2.45, 2.75) is 12.6 Å². The largest absolute Gasteiger partial charge is 0.416 e. The van der Waals surface area contributed by atoms with Crippen LogP contribution in [0.5, 0.6) is 0 Å². The minimum Gasteiger partial charge on any atom is -0.398 e. The molecule has 3 N–H and O–H groups in total. The Kier molecular flexibility index (Phi) is 4.10. The van der Waals surface area contributed by atoms with E-state index >= 15 is 0 Å². The number of anilines is 1. The first-order chi connectivity index (χ1) is 8.21. The lowest BCUT2D eigenvalue weighted by Crippen LogP contribution is -2.29. The van der Waals surface area contributed by atoms with E-state index in [-0.39, 0.29) is 5.69 Å². The van der Waals surface area contributed by atoms with Gasteiger partial charge in [-0.25, -0.2) is 8.78 Å². The number of benzene rings is 1. The van der Waals surface area contributed by atoms with Crippen molar-refractivity contribution in [1.82, 2.24) is 5.32 Å². The van der Waals surface area contributed by atoms with Crippen LogP contribution in [0, 0.1) is 0 Å². The van der Waals surface area contributed by atoms with Crippen LogP contribution in [0.15, 0.2) is 18.2 Å². The number of hydrogen-bond donors (Lipinski definition) is 2. The highest BCUT2D eigenvalue weighted by molar-refractivity contribution is 5.99. The third-order valence-electron chi connectivity index (χ3n) is 2.04. The summed E-state index contributed by atoms with van der Waals surface area (Å²) in [5.74, 6) is -1.07. The van der Waals surface area contributed by atoms with Gasteiger partial charge in [0.05, 0.1) is 17.7 Å². The fourth-order valence-electron chi connectivity index (χ4n) is 1.19. The van der Waals surface area contributed by atoms with Gasteiger partial charge in [-0.15, -0.1) is 0 Å². The van der Waals surface area contributed by atoms with E-state index in [2.05, 4.69) is 0 Å². The van der Waals surface area contributed by atoms with Crippen LogP contribution >= 0.6 is 0 Å². The molecule has 1 aromatic carbocycles. The van der Waals surface area contributed by atoms with Gasteiger partial charge >= 0.3 is 6.18 Å². The molecule has 100 valence electrons. The standard InChI is InChI=1S/C10H9F5N2O/c11-8(12)4-17-9(18)6-3-5(10(13,14)15)1-2-7(6)16/h1-3,8H,4,16H2,(H,17,18). The van der Waals surface area contributed by atoms with Crippen molar-refractivity contribution in [2.24, 2.45) is 0 Å². The van der Waals surface area contributed by atoms with Crippen LogP contribution < -0.4 is 11.1 Å². The number of nitrogen functional groups attached to an aromatic ring is 1. The topological polar surface area (TPSA) is 55.1 Å². The van der Waals surface area contributed by atoms with Crippen molar-refractivity contribution in [2.75, 3.05) is 12.3 Å². The molecule has 0 saturated carbocycles. The Morgan fingerprint density at radius 3 is 2.44 bits per heavy atom. The zero-order chi connectivity index (χ0) is 13.9. The zero-order valence-corrected chi connectivity index (χ0v) is 8.89. The fourth-order valence-corrected chi connectivity index (χ4v) is 1.19. The molecular formula is C10H9F5N2O. The molecular weight excluding hydrogens is 259 g/mol. The number of nitrogens with two attached hydrogens (primary N) is 1. The van der Waals surface area contributed by atoms with Gasteiger partial charge in [-0.1, -0.05) is 0 Å². The molecule has 0 unspecified atom stereocenters. The van der Waals surface area contributed by atoms with Gasteiger partial charge in [0.15, 0.2) is 0 Å². The predicted octanol–water partition coefficient (Wildman–Crippen LogP) is 2.28. The molecule has 1 rings (SSSR count). The normalized spacial score (nSPS) is 11.7. The molecule has 0 bridgehead atoms. The van der Waals surface area contributed by atoms with E-state index in [0.29, 0.717) is 12.1 Å². The van der Waals surface area contributed by atoms with Crippen LogP contribution in [0.3, 0.4) is 0 Å². The molecule has 0 aliphatic rings. The maximum Gasteiger partial charge on any atom is 0.416 e. The monoisotopic (exact) mass is 268 g/mol. The molecule has 0 aliphatic heterocycles. The van der Waals surface area contributed by atoms with E-state index in [1.807, 2.05) is 0 Å². The molecule has 0 radical (unpaired) electrons. The van der Waals surface area contributed by atoms with Crippen LogP contribution in [0.2, 0.25) is 0 Å². The van der Waals surface area contributed by atoms with E-state index in [1.54, 1.807) is 5.32 Å². The molecule has 0 saturated heterocycles. The first kappa shape index (κ1) is 14.2. The molecule has 0 spiro atoms. The number of carbonyl (C=O) groups is 1. The summed E-state index contributed by atoms with van der Waals surface area (Å²) in [5.41, 5.74) is 3.56. The number of amides is 1. The third kappa shape index (κ3) is 3.57. The van der Waals surface area contributed by atoms with Gasteiger partial charge in [-0.05, 0) is 18.2 Å². The van der Waals surface area contributed by atoms with Gasteiger partial charge < -0.3 is 11.1 Å². The Morgan fingerprint density at radius 1 is 1.33 bits per heavy atom. The smallest absolute Gasteiger partial charge is 0.398 e. The zero-order valence-electron chi connectivity index (χ0n) is 8.89. The van der Waals surface area contributed by atoms with Crippen LogP contribution in [-0.2, 0) is 6.18 Å². The number of alkyl halides is 5. The molecule has 18 heavy (non-hydrogen) atoms. The molecule has 0 aliphatic carbocycles. The lowest BCUT2D eigenvalue weighted by atomic mass is 10.1. The summed E-state index contributed by atoms with van der Waals surface area (Å²) in [5, 5.41) is 1.78. The lowest BCUT2D eigenvalue weighted by molar-refractivity contribution is -0.137. The van der Waals surface area contributed by atoms with Crippen molar-refractivity contribution >= 4 is 11.6 Å². The summed E-state index contributed by atoms with van der Waals surface area (Å²) in [6, 6.07) is 2.13. The molecule has 0 fully saturated rings. The van der Waals surface area contributed by atoms with Crippen LogP contribution in [-0.4, -0.2) is 18.9 Å². The Labute approximate surface area is 98.8 Å². The molecule has 0 heterocycles. The number of carbonyl (C=O) groups excluding carboxylic acids is 1. The molecule has 8 heteroatoms. The van der Waals surface area contributed by atoms with Crippen molar-refractivity contribution in [3.8, 4) is 0 Å². The first-order valence-corrected chi connectivity index (χ1v) is 4.75. The summed E-state index contributed by atoms with van der Waals surface area (Å²) in [7, 11) is 0. The summed E-state index contributed by atoms with van der Waals surface area (Å²) < 4.78 is 60.9. The quantitative estimate of drug-likeness (QED) is 0.652. The van der Waals surface area contributed by atoms with E-state index < -0.39 is 36.2 Å². The second-order valence-corrected chi connectivity index (χ2v) is 3.40. The first-order valence-electron chi connectivity index (χ1n) is 4.75. The number of hydrogen-bond acceptors (Lipinski definition) is 2. The summed E-state index contributed by atoms with van der Waals surface area (Å²) >= 11 is 0. The molecule has 3 nitrogen and oxygen atoms in total. The third-order valence-corrected chi connectivity index (χ3v) is 2.04. The van der Waals surface area contributed by atoms with Crippen molar-refractivity contribution < 1.29 is 26.7 Å². The average Bonchev–Trinajstić information content (AvgIpc) is 2.24. The highest BCUT2D eigenvalue weighted by Crippen LogP contribution is 2.31. The second-order valence-electron chi connectivity index (χ2n) is 3.40. The molecule has 0 aromatic heterocycles. The Balaban J connectivity index is 2.97. The minimum atomic E-state index is -4.63. The Morgan fingerprint density at radius 2 is 1.94 bits per heavy atom. The summed E-state index contributed by atoms with van der Waals surface area (Å²) in [6.45, 7) is -0.950. The summed E-state index contributed by atoms with van der Waals surface area (Å²) in [6.07, 6.45) is -7.42. The molecule has 0 atom stereocenters. The van der Waals surface area contributed by atoms with E-state index in [4.69, 9.17) is 5.73 Å². The van der Waals surface area contributed by atoms with Crippen LogP contribution in [0.1, 0.15) is 15.9 Å². The van der Waals surface area contributed by atoms with Crippen LogP contribution in [0.25, 0.3) is 0 Å². The van der Waals surface area contributed by atoms with Crippen LogP contribution in [0.4, 0.5) is 27.6 Å². The van der Waals surface area contributed by atoms with Gasteiger partial charge in [0.2, 0.25) is 0 Å². The second kappa shape index (κ2) is 5.19. The predicted molar refractivity (Wildman–Crippen MR) is 54.2 cm³/mol. The Bertz CT molecular complexity index is 444. The van der Waals surface area contributed by atoms with Gasteiger partial charge in [0.1, 0.15) is 0 Å². The lowest BCUT2D eigenvalue weighted by Gasteiger charge is -2.11. The summed E-state index contributed by atoms with van der Waals surface area (Å²) in [4.78, 5) is 11.4. The van der Waals surface area contributed by atoms with Gasteiger partial charge in [0, 0.05) is 5.69 Å². The SMILES string of the molecule is Nc1ccc(C(F)(F)F)cc1C(=O)NCC(F)F. The van der Waals surface area contributed by atoms with Gasteiger partial charge in [0.25, 0.3) is 12.3 Å². The fraction of sp³-hybridized carbons (Fsp3) is 0.300. The highest BCUT2D eigenvalue weighted by Gasteiger charge is 2.31. The maximum atomic E-state index is 12.4. The van der Waals surface area contributed by atoms with Crippen molar-refractivity contribution in [1.29, 1.82) is 0 Å². The highest BCUT2D eigenvalue weighted by atomic mass is 19.4. The van der Waals surface area contributed by atoms with E-state index in [0.717, 1.165) is 6.07 Å². The number of nitrogens with one attached hydrogen (secondary N) is 1. The Hall–Kier alpha value is -1.86. The average molecular weight is 268 g/mol.